The molecule has 1 fully saturated rings. The van der Waals surface area contributed by atoms with Gasteiger partial charge < -0.3 is 14.0 Å². The van der Waals surface area contributed by atoms with Crippen LogP contribution in [0.1, 0.15) is 27.2 Å². The minimum Gasteiger partial charge on any atom is -0.444 e. The van der Waals surface area contributed by atoms with Gasteiger partial charge in [0.05, 0.1) is 6.61 Å². The molecule has 8 heteroatoms. The number of methoxy groups -OCH3 is 1. The van der Waals surface area contributed by atoms with Crippen LogP contribution in [0.25, 0.3) is 0 Å². The van der Waals surface area contributed by atoms with Gasteiger partial charge in [0.2, 0.25) is 0 Å². The van der Waals surface area contributed by atoms with Gasteiger partial charge in [0, 0.05) is 12.4 Å². The molecule has 6 nitrogen and oxygen atoms in total. The van der Waals surface area contributed by atoms with Gasteiger partial charge in [0.15, 0.2) is 6.23 Å². The molecular weight excluding hydrogens is 277 g/mol. The largest absolute Gasteiger partial charge is 0.444 e. The first kappa shape index (κ1) is 15.8. The Hall–Kier alpha value is -0.230. The second kappa shape index (κ2) is 6.80. The van der Waals surface area contributed by atoms with Crippen LogP contribution in [0.3, 0.4) is 0 Å². The van der Waals surface area contributed by atoms with Crippen molar-refractivity contribution in [2.24, 2.45) is 0 Å². The fourth-order valence-corrected chi connectivity index (χ4v) is 6.51. The molecule has 0 saturated carbocycles. The van der Waals surface area contributed by atoms with Crippen molar-refractivity contribution in [1.82, 2.24) is 4.67 Å². The second-order valence-corrected chi connectivity index (χ2v) is 8.48. The molecule has 0 aromatic heterocycles. The Morgan fingerprint density at radius 3 is 2.78 bits per heavy atom. The van der Waals surface area contributed by atoms with Crippen molar-refractivity contribution in [1.29, 1.82) is 0 Å². The van der Waals surface area contributed by atoms with Crippen LogP contribution in [0.5, 0.6) is 0 Å². The number of carbonyl (C=O) groups is 1. The Morgan fingerprint density at radius 2 is 2.28 bits per heavy atom. The third kappa shape index (κ3) is 3.41. The molecule has 0 N–H and O–H groups in total. The van der Waals surface area contributed by atoms with E-state index in [2.05, 4.69) is 0 Å². The highest BCUT2D eigenvalue weighted by Gasteiger charge is 2.48. The maximum absolute atomic E-state index is 12.9. The molecule has 1 rings (SSSR count). The number of cyclic esters (lactones) is 1. The third-order valence-corrected chi connectivity index (χ3v) is 7.74. The first-order valence-corrected chi connectivity index (χ1v) is 8.97. The molecule has 18 heavy (non-hydrogen) atoms. The van der Waals surface area contributed by atoms with Gasteiger partial charge in [-0.05, 0) is 24.7 Å². The van der Waals surface area contributed by atoms with Crippen molar-refractivity contribution in [2.45, 2.75) is 38.7 Å². The molecule has 1 aliphatic rings. The van der Waals surface area contributed by atoms with Crippen LogP contribution in [-0.4, -0.2) is 42.6 Å². The Balaban J connectivity index is 2.94. The van der Waals surface area contributed by atoms with Crippen molar-refractivity contribution >= 4 is 24.2 Å². The molecule has 0 aromatic rings. The molecule has 0 radical (unpaired) electrons. The van der Waals surface area contributed by atoms with E-state index in [1.165, 1.54) is 18.5 Å². The van der Waals surface area contributed by atoms with Crippen molar-refractivity contribution in [3.63, 3.8) is 0 Å². The molecule has 0 aromatic carbocycles. The van der Waals surface area contributed by atoms with Crippen molar-refractivity contribution in [3.05, 3.63) is 0 Å². The predicted octanol–water partition coefficient (Wildman–Crippen LogP) is 3.09. The molecule has 3 atom stereocenters. The predicted molar refractivity (Wildman–Crippen MR) is 70.6 cm³/mol. The van der Waals surface area contributed by atoms with E-state index >= 15 is 0 Å². The van der Waals surface area contributed by atoms with Crippen LogP contribution < -0.4 is 0 Å². The van der Waals surface area contributed by atoms with Crippen molar-refractivity contribution in [3.8, 4) is 0 Å². The number of nitrogens with zero attached hydrogens (tertiary/aromatic N) is 1. The summed E-state index contributed by atoms with van der Waals surface area (Å²) in [6.45, 7) is 2.70. The third-order valence-electron chi connectivity index (χ3n) is 2.53. The van der Waals surface area contributed by atoms with Gasteiger partial charge in [-0.25, -0.2) is 4.79 Å². The Labute approximate surface area is 112 Å². The van der Waals surface area contributed by atoms with Crippen molar-refractivity contribution in [2.75, 3.05) is 20.3 Å². The van der Waals surface area contributed by atoms with Gasteiger partial charge >= 0.3 is 12.8 Å². The van der Waals surface area contributed by atoms with Gasteiger partial charge in [0.1, 0.15) is 6.61 Å². The zero-order chi connectivity index (χ0) is 13.8. The summed E-state index contributed by atoms with van der Waals surface area (Å²) in [6, 6.07) is 0. The van der Waals surface area contributed by atoms with Crippen LogP contribution in [0.15, 0.2) is 0 Å². The smallest absolute Gasteiger partial charge is 0.420 e. The number of amides is 1. The quantitative estimate of drug-likeness (QED) is 0.673. The lowest BCUT2D eigenvalue weighted by Gasteiger charge is -2.29. The zero-order valence-corrected chi connectivity index (χ0v) is 12.8. The lowest BCUT2D eigenvalue weighted by molar-refractivity contribution is 0.0408. The molecule has 1 saturated heterocycles. The molecular formula is C10H20NO5PS. The molecule has 1 amide bonds. The topological polar surface area (TPSA) is 65.1 Å². The number of hydrogen-bond donors (Lipinski definition) is 0. The molecule has 3 unspecified atom stereocenters. The minimum atomic E-state index is -3.32. The van der Waals surface area contributed by atoms with Crippen LogP contribution in [0.4, 0.5) is 4.79 Å². The van der Waals surface area contributed by atoms with Crippen LogP contribution in [0, 0.1) is 0 Å². The van der Waals surface area contributed by atoms with Gasteiger partial charge in [-0.1, -0.05) is 13.8 Å². The molecule has 0 bridgehead atoms. The van der Waals surface area contributed by atoms with E-state index in [1.54, 1.807) is 6.92 Å². The summed E-state index contributed by atoms with van der Waals surface area (Å²) in [6.07, 6.45) is -0.455. The van der Waals surface area contributed by atoms with E-state index < -0.39 is 19.0 Å². The highest BCUT2D eigenvalue weighted by molar-refractivity contribution is 8.56. The SMILES string of the molecule is CCOP(=O)(SC(C)CC)N1C(=O)OCC1OC. The lowest BCUT2D eigenvalue weighted by Crippen LogP contribution is -2.32. The van der Waals surface area contributed by atoms with E-state index in [9.17, 15) is 9.36 Å². The molecule has 1 heterocycles. The molecule has 0 spiro atoms. The first-order valence-electron chi connectivity index (χ1n) is 5.90. The highest BCUT2D eigenvalue weighted by Crippen LogP contribution is 2.66. The van der Waals surface area contributed by atoms with Gasteiger partial charge in [-0.2, -0.15) is 4.67 Å². The van der Waals surface area contributed by atoms with Crippen LogP contribution >= 0.6 is 18.1 Å². The fraction of sp³-hybridized carbons (Fsp3) is 0.900. The molecule has 1 aliphatic heterocycles. The van der Waals surface area contributed by atoms with E-state index in [4.69, 9.17) is 14.0 Å². The van der Waals surface area contributed by atoms with Gasteiger partial charge in [-0.3, -0.25) is 4.57 Å². The normalized spacial score (nSPS) is 24.8. The standard InChI is InChI=1S/C10H20NO5PS/c1-5-8(3)18-17(13,16-6-2)11-9(14-4)7-15-10(11)12/h8-9H,5-7H2,1-4H3. The van der Waals surface area contributed by atoms with E-state index in [-0.39, 0.29) is 18.5 Å². The summed E-state index contributed by atoms with van der Waals surface area (Å²) in [5.41, 5.74) is 0. The summed E-state index contributed by atoms with van der Waals surface area (Å²) >= 11 is 1.17. The van der Waals surface area contributed by atoms with E-state index in [0.717, 1.165) is 11.1 Å². The Bertz CT molecular complexity index is 340. The molecule has 0 aliphatic carbocycles. The summed E-state index contributed by atoms with van der Waals surface area (Å²) in [5, 5.41) is 0.119. The summed E-state index contributed by atoms with van der Waals surface area (Å²) < 4.78 is 29.3. The average molecular weight is 297 g/mol. The monoisotopic (exact) mass is 297 g/mol. The van der Waals surface area contributed by atoms with E-state index in [1.807, 2.05) is 13.8 Å². The summed E-state index contributed by atoms with van der Waals surface area (Å²) in [4.78, 5) is 11.7. The number of ether oxygens (including phenoxy) is 2. The zero-order valence-electron chi connectivity index (χ0n) is 11.1. The first-order chi connectivity index (χ1) is 8.48. The number of hydrogen-bond acceptors (Lipinski definition) is 6. The number of carbonyl (C=O) groups excluding carboxylic acids is 1. The molecule has 106 valence electrons. The number of rotatable bonds is 7. The second-order valence-electron chi connectivity index (χ2n) is 3.82. The van der Waals surface area contributed by atoms with Gasteiger partial charge in [-0.15, -0.1) is 0 Å². The maximum atomic E-state index is 12.9. The minimum absolute atomic E-state index is 0.0768. The fourth-order valence-electron chi connectivity index (χ4n) is 1.43. The highest BCUT2D eigenvalue weighted by atomic mass is 32.7. The maximum Gasteiger partial charge on any atom is 0.420 e. The van der Waals surface area contributed by atoms with Gasteiger partial charge in [0.25, 0.3) is 0 Å². The lowest BCUT2D eigenvalue weighted by atomic mass is 10.4. The van der Waals surface area contributed by atoms with Crippen LogP contribution in [0.2, 0.25) is 0 Å². The Morgan fingerprint density at radius 1 is 1.61 bits per heavy atom. The van der Waals surface area contributed by atoms with E-state index in [0.29, 0.717) is 0 Å². The average Bonchev–Trinajstić information content (AvgIpc) is 2.71. The summed E-state index contributed by atoms with van der Waals surface area (Å²) in [7, 11) is 1.45. The van der Waals surface area contributed by atoms with Crippen molar-refractivity contribution < 1.29 is 23.4 Å². The Kier molecular flexibility index (Phi) is 5.98. The van der Waals surface area contributed by atoms with Crippen LogP contribution in [-0.2, 0) is 18.6 Å². The summed E-state index contributed by atoms with van der Waals surface area (Å²) in [5.74, 6) is 0.